The minimum absolute atomic E-state index is 0.0426. The Morgan fingerprint density at radius 1 is 0.947 bits per heavy atom. The van der Waals surface area contributed by atoms with Crippen molar-refractivity contribution in [1.82, 2.24) is 9.71 Å². The molecule has 2 unspecified atom stereocenters. The first-order chi connectivity index (χ1) is 18.2. The number of amides is 1. The maximum Gasteiger partial charge on any atom is 0.325 e. The summed E-state index contributed by atoms with van der Waals surface area (Å²) in [4.78, 5) is 28.6. The Hall–Kier alpha value is -4.05. The van der Waals surface area contributed by atoms with Gasteiger partial charge in [-0.15, -0.1) is 0 Å². The van der Waals surface area contributed by atoms with Crippen LogP contribution in [0.25, 0.3) is 11.1 Å². The summed E-state index contributed by atoms with van der Waals surface area (Å²) in [7, 11) is -4.14. The molecule has 0 aliphatic heterocycles. The monoisotopic (exact) mass is 547 g/mol. The van der Waals surface area contributed by atoms with E-state index in [1.807, 2.05) is 12.1 Å². The summed E-state index contributed by atoms with van der Waals surface area (Å²) in [6.07, 6.45) is 3.07. The van der Waals surface area contributed by atoms with Crippen molar-refractivity contribution in [3.8, 4) is 11.1 Å². The summed E-state index contributed by atoms with van der Waals surface area (Å²) in [5.41, 5.74) is 1.40. The molecule has 0 saturated heterocycles. The van der Waals surface area contributed by atoms with Crippen molar-refractivity contribution in [1.29, 1.82) is 0 Å². The molecule has 1 amide bonds. The van der Waals surface area contributed by atoms with Crippen molar-refractivity contribution < 1.29 is 23.1 Å². The molecule has 10 heteroatoms. The molecule has 8 nitrogen and oxygen atoms in total. The van der Waals surface area contributed by atoms with Crippen LogP contribution in [0, 0.1) is 0 Å². The van der Waals surface area contributed by atoms with Gasteiger partial charge in [-0.05, 0) is 71.6 Å². The number of sulfonamides is 1. The number of pyridine rings is 1. The summed E-state index contributed by atoms with van der Waals surface area (Å²) in [6.45, 7) is 0. The van der Waals surface area contributed by atoms with Crippen molar-refractivity contribution in [3.63, 3.8) is 0 Å². The lowest BCUT2D eigenvalue weighted by molar-refractivity contribution is -0.140. The van der Waals surface area contributed by atoms with Crippen LogP contribution in [0.1, 0.15) is 28.3 Å². The topological polar surface area (TPSA) is 125 Å². The van der Waals surface area contributed by atoms with E-state index in [2.05, 4.69) is 15.0 Å². The molecule has 1 fully saturated rings. The quantitative estimate of drug-likeness (QED) is 0.287. The average Bonchev–Trinajstić information content (AvgIpc) is 3.65. The lowest BCUT2D eigenvalue weighted by Crippen LogP contribution is -2.44. The van der Waals surface area contributed by atoms with Crippen LogP contribution >= 0.6 is 11.6 Å². The molecule has 3 N–H and O–H groups in total. The van der Waals surface area contributed by atoms with Crippen molar-refractivity contribution in [3.05, 3.63) is 113 Å². The highest BCUT2D eigenvalue weighted by atomic mass is 35.5. The van der Waals surface area contributed by atoms with Crippen molar-refractivity contribution in [2.45, 2.75) is 22.8 Å². The van der Waals surface area contributed by atoms with E-state index in [0.717, 1.165) is 11.1 Å². The van der Waals surface area contributed by atoms with Crippen LogP contribution in [0.4, 0.5) is 5.69 Å². The second kappa shape index (κ2) is 10.0. The number of hydrogen-bond donors (Lipinski definition) is 3. The van der Waals surface area contributed by atoms with Gasteiger partial charge in [0.1, 0.15) is 5.54 Å². The Balaban J connectivity index is 1.34. The van der Waals surface area contributed by atoms with Gasteiger partial charge in [0.05, 0.1) is 10.5 Å². The van der Waals surface area contributed by atoms with Gasteiger partial charge in [0.2, 0.25) is 10.0 Å². The van der Waals surface area contributed by atoms with Gasteiger partial charge in [0, 0.05) is 29.0 Å². The van der Waals surface area contributed by atoms with E-state index in [-0.39, 0.29) is 17.2 Å². The van der Waals surface area contributed by atoms with E-state index in [9.17, 15) is 23.1 Å². The number of halogens is 1. The molecule has 0 radical (unpaired) electrons. The van der Waals surface area contributed by atoms with Crippen molar-refractivity contribution in [2.24, 2.45) is 0 Å². The molecule has 1 saturated carbocycles. The van der Waals surface area contributed by atoms with Crippen LogP contribution in [0.5, 0.6) is 0 Å². The van der Waals surface area contributed by atoms with Crippen LogP contribution in [0.3, 0.4) is 0 Å². The Bertz CT molecular complexity index is 1610. The largest absolute Gasteiger partial charge is 0.480 e. The van der Waals surface area contributed by atoms with Crippen molar-refractivity contribution >= 4 is 39.2 Å². The van der Waals surface area contributed by atoms with Gasteiger partial charge in [0.25, 0.3) is 5.91 Å². The van der Waals surface area contributed by atoms with Crippen LogP contribution in [0.2, 0.25) is 5.02 Å². The number of nitrogens with zero attached hydrogens (tertiary/aromatic N) is 1. The summed E-state index contributed by atoms with van der Waals surface area (Å²) in [5, 5.41) is 13.4. The van der Waals surface area contributed by atoms with Gasteiger partial charge in [0.15, 0.2) is 0 Å². The lowest BCUT2D eigenvalue weighted by atomic mass is 10.1. The van der Waals surface area contributed by atoms with E-state index in [1.54, 1.807) is 66.9 Å². The van der Waals surface area contributed by atoms with E-state index in [4.69, 9.17) is 11.6 Å². The standard InChI is InChI=1S/C28H22ClN3O5S/c29-22-10-6-18(7-11-22)19-8-12-24(13-9-19)38(36,37)32-28(27(34)35)16-25(28)20-3-1-5-23(15-20)31-26(33)21-4-2-14-30-17-21/h1-15,17,25,32H,16H2,(H,31,33)(H,34,35). The summed E-state index contributed by atoms with van der Waals surface area (Å²) >= 11 is 5.93. The summed E-state index contributed by atoms with van der Waals surface area (Å²) in [5.74, 6) is -2.25. The number of carbonyl (C=O) groups is 2. The smallest absolute Gasteiger partial charge is 0.325 e. The van der Waals surface area contributed by atoms with Gasteiger partial charge in [-0.25, -0.2) is 8.42 Å². The number of anilines is 1. The molecule has 0 bridgehead atoms. The van der Waals surface area contributed by atoms with Gasteiger partial charge >= 0.3 is 5.97 Å². The predicted molar refractivity (Wildman–Crippen MR) is 144 cm³/mol. The number of nitrogens with one attached hydrogen (secondary N) is 2. The van der Waals surface area contributed by atoms with Crippen LogP contribution in [0.15, 0.2) is 102 Å². The molecule has 38 heavy (non-hydrogen) atoms. The third-order valence-electron chi connectivity index (χ3n) is 6.47. The molecule has 3 aromatic carbocycles. The third kappa shape index (κ3) is 5.17. The Morgan fingerprint density at radius 2 is 1.63 bits per heavy atom. The zero-order valence-electron chi connectivity index (χ0n) is 19.8. The normalized spacial score (nSPS) is 18.5. The number of benzene rings is 3. The Labute approximate surface area is 224 Å². The molecule has 1 heterocycles. The van der Waals surface area contributed by atoms with Crippen LogP contribution < -0.4 is 10.0 Å². The Morgan fingerprint density at radius 3 is 2.26 bits per heavy atom. The van der Waals surface area contributed by atoms with Gasteiger partial charge in [-0.2, -0.15) is 4.72 Å². The van der Waals surface area contributed by atoms with Gasteiger partial charge in [-0.1, -0.05) is 48.0 Å². The van der Waals surface area contributed by atoms with Crippen LogP contribution in [-0.4, -0.2) is 35.9 Å². The number of rotatable bonds is 8. The maximum atomic E-state index is 13.2. The molecular weight excluding hydrogens is 526 g/mol. The number of aliphatic carboxylic acids is 1. The summed E-state index contributed by atoms with van der Waals surface area (Å²) in [6, 6.07) is 23.3. The molecule has 5 rings (SSSR count). The number of hydrogen-bond acceptors (Lipinski definition) is 5. The molecule has 4 aromatic rings. The average molecular weight is 548 g/mol. The first kappa shape index (κ1) is 25.6. The highest BCUT2D eigenvalue weighted by Crippen LogP contribution is 2.52. The molecule has 2 atom stereocenters. The zero-order chi connectivity index (χ0) is 26.9. The molecule has 1 aromatic heterocycles. The number of carboxylic acid groups (broad SMARTS) is 1. The van der Waals surface area contributed by atoms with Crippen molar-refractivity contribution in [2.75, 3.05) is 5.32 Å². The van der Waals surface area contributed by atoms with E-state index in [0.29, 0.717) is 21.8 Å². The third-order valence-corrected chi connectivity index (χ3v) is 8.25. The SMILES string of the molecule is O=C(Nc1cccc(C2CC2(NS(=O)(=O)c2ccc(-c3ccc(Cl)cc3)cc2)C(=O)O)c1)c1cccnc1. The fourth-order valence-electron chi connectivity index (χ4n) is 4.36. The number of carbonyl (C=O) groups excluding carboxylic acids is 1. The van der Waals surface area contributed by atoms with Gasteiger partial charge < -0.3 is 10.4 Å². The second-order valence-corrected chi connectivity index (χ2v) is 11.1. The molecular formula is C28H22ClN3O5S. The first-order valence-corrected chi connectivity index (χ1v) is 13.5. The molecule has 192 valence electrons. The van der Waals surface area contributed by atoms with E-state index in [1.165, 1.54) is 18.3 Å². The van der Waals surface area contributed by atoms with E-state index >= 15 is 0 Å². The number of carboxylic acids is 1. The minimum atomic E-state index is -4.14. The van der Waals surface area contributed by atoms with Crippen LogP contribution in [-0.2, 0) is 14.8 Å². The maximum absolute atomic E-state index is 13.2. The molecule has 0 spiro atoms. The Kier molecular flexibility index (Phi) is 6.75. The fraction of sp³-hybridized carbons (Fsp3) is 0.107. The predicted octanol–water partition coefficient (Wildman–Crippen LogP) is 4.94. The highest BCUT2D eigenvalue weighted by molar-refractivity contribution is 7.89. The fourth-order valence-corrected chi connectivity index (χ4v) is 5.89. The molecule has 1 aliphatic rings. The highest BCUT2D eigenvalue weighted by Gasteiger charge is 2.63. The zero-order valence-corrected chi connectivity index (χ0v) is 21.4. The minimum Gasteiger partial charge on any atom is -0.480 e. The number of aromatic nitrogens is 1. The van der Waals surface area contributed by atoms with E-state index < -0.39 is 27.4 Å². The van der Waals surface area contributed by atoms with Gasteiger partial charge in [-0.3, -0.25) is 14.6 Å². The second-order valence-electron chi connectivity index (χ2n) is 8.99. The lowest BCUT2D eigenvalue weighted by Gasteiger charge is -2.16. The molecule has 1 aliphatic carbocycles. The first-order valence-electron chi connectivity index (χ1n) is 11.6. The summed E-state index contributed by atoms with van der Waals surface area (Å²) < 4.78 is 28.8.